The highest BCUT2D eigenvalue weighted by Crippen LogP contribution is 2.27. The number of hydrogen-bond donors (Lipinski definition) is 3. The van der Waals surface area contributed by atoms with E-state index in [2.05, 4.69) is 15.3 Å². The number of nitrogens with one attached hydrogen (secondary N) is 2. The van der Waals surface area contributed by atoms with Crippen molar-refractivity contribution in [3.05, 3.63) is 35.0 Å². The quantitative estimate of drug-likeness (QED) is 0.654. The number of rotatable bonds is 6. The lowest BCUT2D eigenvalue weighted by atomic mass is 10.3. The topological polar surface area (TPSA) is 101 Å². The van der Waals surface area contributed by atoms with E-state index in [-0.39, 0.29) is 17.7 Å². The fourth-order valence-corrected chi connectivity index (χ4v) is 2.27. The van der Waals surface area contributed by atoms with Gasteiger partial charge in [-0.1, -0.05) is 0 Å². The summed E-state index contributed by atoms with van der Waals surface area (Å²) in [5, 5.41) is 12.4. The predicted octanol–water partition coefficient (Wildman–Crippen LogP) is 0.0967. The number of aryl methyl sites for hydroxylation is 1. The van der Waals surface area contributed by atoms with Gasteiger partial charge in [-0.2, -0.15) is 0 Å². The van der Waals surface area contributed by atoms with Crippen LogP contribution >= 0.6 is 0 Å². The maximum absolute atomic E-state index is 11.4. The maximum atomic E-state index is 11.4. The highest BCUT2D eigenvalue weighted by molar-refractivity contribution is 5.33. The van der Waals surface area contributed by atoms with Crippen LogP contribution in [0.1, 0.15) is 6.42 Å². The molecular formula is C14H18N4O4. The third kappa shape index (κ3) is 3.40. The highest BCUT2D eigenvalue weighted by Gasteiger charge is 2.21. The Bertz CT molecular complexity index is 681. The van der Waals surface area contributed by atoms with Crippen LogP contribution in [-0.2, 0) is 6.54 Å². The van der Waals surface area contributed by atoms with Gasteiger partial charge in [0.05, 0.1) is 6.20 Å². The van der Waals surface area contributed by atoms with E-state index in [0.717, 1.165) is 13.0 Å². The minimum Gasteiger partial charge on any atom is -0.493 e. The minimum atomic E-state index is -0.302. The maximum Gasteiger partial charge on any atom is 0.328 e. The van der Waals surface area contributed by atoms with E-state index >= 15 is 0 Å². The van der Waals surface area contributed by atoms with Crippen LogP contribution in [-0.4, -0.2) is 45.4 Å². The van der Waals surface area contributed by atoms with Crippen molar-refractivity contribution in [1.29, 1.82) is 0 Å². The number of fused-ring (bicyclic) bond motifs is 1. The lowest BCUT2D eigenvalue weighted by molar-refractivity contribution is 0.0845. The Morgan fingerprint density at radius 2 is 2.45 bits per heavy atom. The number of H-pyrrole nitrogens is 1. The molecule has 2 aromatic heterocycles. The second-order valence-electron chi connectivity index (χ2n) is 5.05. The van der Waals surface area contributed by atoms with Gasteiger partial charge in [-0.05, 0) is 25.1 Å². The van der Waals surface area contributed by atoms with Crippen molar-refractivity contribution >= 4 is 0 Å². The van der Waals surface area contributed by atoms with Crippen LogP contribution in [0, 0.1) is 0 Å². The van der Waals surface area contributed by atoms with Gasteiger partial charge in [0.25, 0.3) is 5.88 Å². The number of aromatic nitrogens is 3. The average molecular weight is 306 g/mol. The number of aromatic amines is 1. The second kappa shape index (κ2) is 6.52. The normalized spacial score (nSPS) is 16.6. The van der Waals surface area contributed by atoms with Crippen LogP contribution in [0.15, 0.2) is 29.3 Å². The molecule has 0 aliphatic carbocycles. The monoisotopic (exact) mass is 306 g/mol. The SMILES string of the molecule is O=c1[nH]c(O)cn1CCCNCC1COc2cccnc2O1. The van der Waals surface area contributed by atoms with E-state index in [1.54, 1.807) is 6.20 Å². The summed E-state index contributed by atoms with van der Waals surface area (Å²) >= 11 is 0. The highest BCUT2D eigenvalue weighted by atomic mass is 16.6. The Labute approximate surface area is 126 Å². The number of pyridine rings is 1. The summed E-state index contributed by atoms with van der Waals surface area (Å²) in [5.41, 5.74) is -0.302. The lowest BCUT2D eigenvalue weighted by Gasteiger charge is -2.25. The smallest absolute Gasteiger partial charge is 0.328 e. The van der Waals surface area contributed by atoms with Crippen LogP contribution in [0.4, 0.5) is 0 Å². The van der Waals surface area contributed by atoms with Gasteiger partial charge in [0.1, 0.15) is 12.7 Å². The molecule has 8 heteroatoms. The van der Waals surface area contributed by atoms with Gasteiger partial charge in [-0.25, -0.2) is 9.78 Å². The van der Waals surface area contributed by atoms with Gasteiger partial charge in [0, 0.05) is 19.3 Å². The Hall–Kier alpha value is -2.48. The minimum absolute atomic E-state index is 0.0820. The number of hydrogen-bond acceptors (Lipinski definition) is 6. The first-order valence-electron chi connectivity index (χ1n) is 7.16. The fourth-order valence-electron chi connectivity index (χ4n) is 2.27. The molecule has 1 aliphatic heterocycles. The van der Waals surface area contributed by atoms with E-state index in [9.17, 15) is 4.79 Å². The molecule has 1 aliphatic rings. The molecule has 1 unspecified atom stereocenters. The van der Waals surface area contributed by atoms with E-state index in [1.807, 2.05) is 12.1 Å². The zero-order valence-corrected chi connectivity index (χ0v) is 12.0. The molecule has 0 amide bonds. The average Bonchev–Trinajstić information content (AvgIpc) is 2.84. The summed E-state index contributed by atoms with van der Waals surface area (Å²) in [6, 6.07) is 3.64. The van der Waals surface area contributed by atoms with Crippen molar-refractivity contribution < 1.29 is 14.6 Å². The standard InChI is InChI=1S/C14H18N4O4/c19-12-8-18(14(20)17-12)6-2-4-15-7-10-9-21-11-3-1-5-16-13(11)22-10/h1,3,5,8,10,15,19H,2,4,6-7,9H2,(H,17,20). The number of ether oxygens (including phenoxy) is 2. The zero-order chi connectivity index (χ0) is 15.4. The largest absolute Gasteiger partial charge is 0.493 e. The van der Waals surface area contributed by atoms with Crippen molar-refractivity contribution in [1.82, 2.24) is 19.9 Å². The summed E-state index contributed by atoms with van der Waals surface area (Å²) in [5.74, 6) is 1.08. The third-order valence-electron chi connectivity index (χ3n) is 3.34. The molecule has 22 heavy (non-hydrogen) atoms. The summed E-state index contributed by atoms with van der Waals surface area (Å²) in [6.07, 6.45) is 3.74. The molecule has 0 spiro atoms. The van der Waals surface area contributed by atoms with Crippen molar-refractivity contribution in [3.8, 4) is 17.5 Å². The Morgan fingerprint density at radius 3 is 3.27 bits per heavy atom. The zero-order valence-electron chi connectivity index (χ0n) is 12.0. The Balaban J connectivity index is 1.38. The third-order valence-corrected chi connectivity index (χ3v) is 3.34. The Kier molecular flexibility index (Phi) is 4.29. The summed E-state index contributed by atoms with van der Waals surface area (Å²) in [6.45, 7) is 2.39. The van der Waals surface area contributed by atoms with Crippen molar-refractivity contribution in [2.75, 3.05) is 19.7 Å². The van der Waals surface area contributed by atoms with E-state index in [4.69, 9.17) is 14.6 Å². The van der Waals surface area contributed by atoms with Crippen LogP contribution in [0.5, 0.6) is 17.5 Å². The van der Waals surface area contributed by atoms with Crippen LogP contribution in [0.2, 0.25) is 0 Å². The number of imidazole rings is 1. The van der Waals surface area contributed by atoms with Gasteiger partial charge < -0.3 is 19.9 Å². The van der Waals surface area contributed by atoms with E-state index in [1.165, 1.54) is 10.8 Å². The van der Waals surface area contributed by atoms with Crippen molar-refractivity contribution in [2.45, 2.75) is 19.1 Å². The molecule has 0 fully saturated rings. The Morgan fingerprint density at radius 1 is 1.55 bits per heavy atom. The van der Waals surface area contributed by atoms with Gasteiger partial charge in [-0.3, -0.25) is 9.55 Å². The molecule has 3 N–H and O–H groups in total. The second-order valence-corrected chi connectivity index (χ2v) is 5.05. The summed E-state index contributed by atoms with van der Waals surface area (Å²) in [4.78, 5) is 17.8. The molecule has 118 valence electrons. The fraction of sp³-hybridized carbons (Fsp3) is 0.429. The van der Waals surface area contributed by atoms with Gasteiger partial charge in [-0.15, -0.1) is 0 Å². The number of nitrogens with zero attached hydrogens (tertiary/aromatic N) is 2. The van der Waals surface area contributed by atoms with Gasteiger partial charge in [0.2, 0.25) is 5.88 Å². The first-order valence-corrected chi connectivity index (χ1v) is 7.16. The van der Waals surface area contributed by atoms with E-state index in [0.29, 0.717) is 31.3 Å². The van der Waals surface area contributed by atoms with Gasteiger partial charge in [0.15, 0.2) is 5.75 Å². The molecule has 0 aromatic carbocycles. The first-order chi connectivity index (χ1) is 10.7. The lowest BCUT2D eigenvalue weighted by Crippen LogP contribution is -2.39. The molecule has 8 nitrogen and oxygen atoms in total. The van der Waals surface area contributed by atoms with Gasteiger partial charge >= 0.3 is 5.69 Å². The molecule has 3 rings (SSSR count). The summed E-state index contributed by atoms with van der Waals surface area (Å²) in [7, 11) is 0. The molecule has 0 radical (unpaired) electrons. The van der Waals surface area contributed by atoms with Crippen LogP contribution in [0.25, 0.3) is 0 Å². The van der Waals surface area contributed by atoms with E-state index < -0.39 is 0 Å². The predicted molar refractivity (Wildman–Crippen MR) is 78.4 cm³/mol. The molecule has 2 aromatic rings. The first kappa shape index (κ1) is 14.5. The van der Waals surface area contributed by atoms with Crippen LogP contribution in [0.3, 0.4) is 0 Å². The molecule has 0 saturated carbocycles. The molecule has 0 saturated heterocycles. The molecule has 1 atom stereocenters. The molecule has 3 heterocycles. The molecular weight excluding hydrogens is 288 g/mol. The van der Waals surface area contributed by atoms with Crippen LogP contribution < -0.4 is 20.5 Å². The van der Waals surface area contributed by atoms with Crippen molar-refractivity contribution in [2.24, 2.45) is 0 Å². The summed E-state index contributed by atoms with van der Waals surface area (Å²) < 4.78 is 12.7. The van der Waals surface area contributed by atoms with Crippen molar-refractivity contribution in [3.63, 3.8) is 0 Å². The number of aromatic hydroxyl groups is 1. The molecule has 0 bridgehead atoms.